The van der Waals surface area contributed by atoms with Gasteiger partial charge in [0.2, 0.25) is 0 Å². The van der Waals surface area contributed by atoms with Gasteiger partial charge in [0.05, 0.1) is 10.7 Å². The summed E-state index contributed by atoms with van der Waals surface area (Å²) in [5.41, 5.74) is 3.02. The maximum absolute atomic E-state index is 13.7. The van der Waals surface area contributed by atoms with Gasteiger partial charge in [-0.1, -0.05) is 17.7 Å². The van der Waals surface area contributed by atoms with Crippen LogP contribution in [0, 0.1) is 12.7 Å². The minimum absolute atomic E-state index is 0.0998. The van der Waals surface area contributed by atoms with Crippen LogP contribution in [0.3, 0.4) is 0 Å². The van der Waals surface area contributed by atoms with Gasteiger partial charge in [-0.3, -0.25) is 9.48 Å². The Morgan fingerprint density at radius 1 is 1.35 bits per heavy atom. The van der Waals surface area contributed by atoms with Gasteiger partial charge < -0.3 is 4.57 Å². The molecule has 0 aliphatic rings. The second-order valence-corrected chi connectivity index (χ2v) is 6.03. The Morgan fingerprint density at radius 2 is 2.09 bits per heavy atom. The molecule has 0 saturated heterocycles. The SMILES string of the molecule is CCn1cc(C)c2c(Cc3ccc(Cl)c(F)c3)n(C)nc2c1=O. The summed E-state index contributed by atoms with van der Waals surface area (Å²) in [6, 6.07) is 4.75. The number of hydrogen-bond donors (Lipinski definition) is 0. The highest BCUT2D eigenvalue weighted by Gasteiger charge is 2.16. The van der Waals surface area contributed by atoms with Crippen molar-refractivity contribution in [3.63, 3.8) is 0 Å². The molecule has 2 heterocycles. The molecule has 0 fully saturated rings. The van der Waals surface area contributed by atoms with E-state index in [1.165, 1.54) is 6.07 Å². The summed E-state index contributed by atoms with van der Waals surface area (Å²) in [6.45, 7) is 4.48. The van der Waals surface area contributed by atoms with Crippen LogP contribution in [0.25, 0.3) is 10.9 Å². The Labute approximate surface area is 138 Å². The van der Waals surface area contributed by atoms with E-state index in [0.29, 0.717) is 18.5 Å². The predicted octanol–water partition coefficient (Wildman–Crippen LogP) is 3.45. The van der Waals surface area contributed by atoms with Gasteiger partial charge in [0.15, 0.2) is 5.52 Å². The van der Waals surface area contributed by atoms with Crippen molar-refractivity contribution in [1.82, 2.24) is 14.3 Å². The average Bonchev–Trinajstić information content (AvgIpc) is 2.84. The van der Waals surface area contributed by atoms with Crippen LogP contribution >= 0.6 is 11.6 Å². The zero-order valence-electron chi connectivity index (χ0n) is 13.2. The number of benzene rings is 1. The summed E-state index contributed by atoms with van der Waals surface area (Å²) in [5, 5.41) is 5.33. The van der Waals surface area contributed by atoms with E-state index in [4.69, 9.17) is 11.6 Å². The smallest absolute Gasteiger partial charge is 0.278 e. The molecule has 0 aliphatic carbocycles. The number of aryl methyl sites for hydroxylation is 3. The molecular weight excluding hydrogens is 317 g/mol. The highest BCUT2D eigenvalue weighted by atomic mass is 35.5. The van der Waals surface area contributed by atoms with Crippen LogP contribution in [0.5, 0.6) is 0 Å². The Balaban J connectivity index is 2.18. The highest BCUT2D eigenvalue weighted by molar-refractivity contribution is 6.30. The predicted molar refractivity (Wildman–Crippen MR) is 89.6 cm³/mol. The molecule has 120 valence electrons. The Kier molecular flexibility index (Phi) is 3.98. The van der Waals surface area contributed by atoms with Crippen molar-refractivity contribution in [2.45, 2.75) is 26.8 Å². The molecule has 0 N–H and O–H groups in total. The lowest BCUT2D eigenvalue weighted by atomic mass is 10.0. The van der Waals surface area contributed by atoms with E-state index in [0.717, 1.165) is 22.2 Å². The third-order valence-electron chi connectivity index (χ3n) is 4.07. The topological polar surface area (TPSA) is 39.8 Å². The molecule has 0 atom stereocenters. The van der Waals surface area contributed by atoms with Crippen LogP contribution < -0.4 is 5.56 Å². The van der Waals surface area contributed by atoms with Crippen LogP contribution in [0.2, 0.25) is 5.02 Å². The zero-order valence-corrected chi connectivity index (χ0v) is 14.0. The maximum atomic E-state index is 13.7. The quantitative estimate of drug-likeness (QED) is 0.736. The molecule has 0 spiro atoms. The van der Waals surface area contributed by atoms with Crippen LogP contribution in [-0.2, 0) is 20.0 Å². The molecule has 3 rings (SSSR count). The molecule has 6 heteroatoms. The molecule has 0 unspecified atom stereocenters. The number of nitrogens with zero attached hydrogens (tertiary/aromatic N) is 3. The van der Waals surface area contributed by atoms with Gasteiger partial charge in [-0.2, -0.15) is 5.10 Å². The maximum Gasteiger partial charge on any atom is 0.278 e. The van der Waals surface area contributed by atoms with Gasteiger partial charge in [-0.05, 0) is 37.1 Å². The fraction of sp³-hybridized carbons (Fsp3) is 0.294. The standard InChI is InChI=1S/C17H17ClFN3O/c1-4-22-9-10(2)15-14(21(3)20-16(15)17(22)23)8-11-5-6-12(18)13(19)7-11/h5-7,9H,4,8H2,1-3H3. The minimum atomic E-state index is -0.444. The first-order valence-corrected chi connectivity index (χ1v) is 7.79. The zero-order chi connectivity index (χ0) is 16.7. The van der Waals surface area contributed by atoms with E-state index in [-0.39, 0.29) is 10.6 Å². The van der Waals surface area contributed by atoms with Crippen molar-refractivity contribution in [2.24, 2.45) is 7.05 Å². The monoisotopic (exact) mass is 333 g/mol. The second kappa shape index (κ2) is 5.81. The first-order chi connectivity index (χ1) is 10.9. The molecule has 1 aromatic carbocycles. The lowest BCUT2D eigenvalue weighted by Crippen LogP contribution is -2.19. The van der Waals surface area contributed by atoms with Gasteiger partial charge in [-0.25, -0.2) is 4.39 Å². The largest absolute Gasteiger partial charge is 0.314 e. The molecule has 23 heavy (non-hydrogen) atoms. The average molecular weight is 334 g/mol. The van der Waals surface area contributed by atoms with Gasteiger partial charge in [-0.15, -0.1) is 0 Å². The molecule has 0 aliphatic heterocycles. The summed E-state index contributed by atoms with van der Waals surface area (Å²) in [4.78, 5) is 12.4. The van der Waals surface area contributed by atoms with Crippen LogP contribution in [0.1, 0.15) is 23.7 Å². The van der Waals surface area contributed by atoms with Crippen LogP contribution in [0.4, 0.5) is 4.39 Å². The van der Waals surface area contributed by atoms with E-state index in [1.54, 1.807) is 28.4 Å². The Morgan fingerprint density at radius 3 is 2.74 bits per heavy atom. The summed E-state index contributed by atoms with van der Waals surface area (Å²) in [5.74, 6) is -0.444. The summed E-state index contributed by atoms with van der Waals surface area (Å²) >= 11 is 5.73. The van der Waals surface area contributed by atoms with Crippen LogP contribution in [0.15, 0.2) is 29.2 Å². The number of aromatic nitrogens is 3. The van der Waals surface area contributed by atoms with Gasteiger partial charge in [0.1, 0.15) is 5.82 Å². The molecule has 0 radical (unpaired) electrons. The van der Waals surface area contributed by atoms with Gasteiger partial charge in [0, 0.05) is 31.6 Å². The van der Waals surface area contributed by atoms with Crippen molar-refractivity contribution >= 4 is 22.5 Å². The summed E-state index contributed by atoms with van der Waals surface area (Å²) in [6.07, 6.45) is 2.33. The Bertz CT molecular complexity index is 959. The van der Waals surface area contributed by atoms with Crippen LogP contribution in [-0.4, -0.2) is 14.3 Å². The van der Waals surface area contributed by atoms with E-state index in [9.17, 15) is 9.18 Å². The molecule has 0 bridgehead atoms. The second-order valence-electron chi connectivity index (χ2n) is 5.62. The lowest BCUT2D eigenvalue weighted by molar-refractivity contribution is 0.625. The number of fused-ring (bicyclic) bond motifs is 1. The third kappa shape index (κ3) is 2.65. The first-order valence-electron chi connectivity index (χ1n) is 7.42. The molecule has 4 nitrogen and oxygen atoms in total. The van der Waals surface area contributed by atoms with Crippen molar-refractivity contribution in [2.75, 3.05) is 0 Å². The van der Waals surface area contributed by atoms with E-state index < -0.39 is 5.82 Å². The van der Waals surface area contributed by atoms with Crippen molar-refractivity contribution in [3.05, 3.63) is 62.4 Å². The molecule has 3 aromatic rings. The molecule has 0 amide bonds. The van der Waals surface area contributed by atoms with E-state index >= 15 is 0 Å². The molecule has 0 saturated carbocycles. The van der Waals surface area contributed by atoms with Gasteiger partial charge in [0.25, 0.3) is 5.56 Å². The molecule has 2 aromatic heterocycles. The number of halogens is 2. The lowest BCUT2D eigenvalue weighted by Gasteiger charge is -2.07. The van der Waals surface area contributed by atoms with Crippen molar-refractivity contribution < 1.29 is 4.39 Å². The fourth-order valence-electron chi connectivity index (χ4n) is 2.90. The van der Waals surface area contributed by atoms with Crippen molar-refractivity contribution in [3.8, 4) is 0 Å². The summed E-state index contributed by atoms with van der Waals surface area (Å²) in [7, 11) is 1.80. The summed E-state index contributed by atoms with van der Waals surface area (Å²) < 4.78 is 17.0. The Hall–Kier alpha value is -2.14. The number of rotatable bonds is 3. The van der Waals surface area contributed by atoms with Crippen molar-refractivity contribution in [1.29, 1.82) is 0 Å². The first kappa shape index (κ1) is 15.7. The van der Waals surface area contributed by atoms with Gasteiger partial charge >= 0.3 is 0 Å². The third-order valence-corrected chi connectivity index (χ3v) is 4.38. The normalized spacial score (nSPS) is 11.3. The number of pyridine rings is 1. The molecular formula is C17H17ClFN3O. The van der Waals surface area contributed by atoms with E-state index in [1.807, 2.05) is 20.0 Å². The minimum Gasteiger partial charge on any atom is -0.314 e. The van der Waals surface area contributed by atoms with E-state index in [2.05, 4.69) is 5.10 Å². The number of hydrogen-bond acceptors (Lipinski definition) is 2. The fourth-order valence-corrected chi connectivity index (χ4v) is 3.01. The highest BCUT2D eigenvalue weighted by Crippen LogP contribution is 2.24.